The molecular weight excluding hydrogens is 346 g/mol. The second-order valence-corrected chi connectivity index (χ2v) is 10.6. The Morgan fingerprint density at radius 3 is 2.19 bits per heavy atom. The van der Waals surface area contributed by atoms with Gasteiger partial charge in [0.15, 0.2) is 14.9 Å². The van der Waals surface area contributed by atoms with Crippen LogP contribution in [0.15, 0.2) is 41.7 Å². The van der Waals surface area contributed by atoms with Gasteiger partial charge in [-0.1, -0.05) is 6.07 Å². The maximum atomic E-state index is 12.5. The van der Waals surface area contributed by atoms with E-state index >= 15 is 0 Å². The van der Waals surface area contributed by atoms with E-state index in [1.807, 2.05) is 19.2 Å². The van der Waals surface area contributed by atoms with Crippen LogP contribution in [0.25, 0.3) is 0 Å². The number of pyridine rings is 2. The van der Waals surface area contributed by atoms with E-state index in [1.54, 1.807) is 33.0 Å². The van der Waals surface area contributed by atoms with E-state index < -0.39 is 14.6 Å². The topological polar surface area (TPSA) is 63.2 Å². The molecule has 0 aromatic carbocycles. The average molecular weight is 374 g/mol. The minimum Gasteiger partial charge on any atom is -0.370 e. The van der Waals surface area contributed by atoms with Crippen LogP contribution in [-0.4, -0.2) is 36.2 Å². The molecule has 0 unspecified atom stereocenters. The number of aryl methyl sites for hydroxylation is 1. The number of aromatic nitrogens is 2. The Morgan fingerprint density at radius 1 is 1.00 bits per heavy atom. The van der Waals surface area contributed by atoms with Crippen molar-refractivity contribution in [2.24, 2.45) is 0 Å². The fourth-order valence-corrected chi connectivity index (χ4v) is 4.29. The second kappa shape index (κ2) is 6.99. The van der Waals surface area contributed by atoms with Crippen molar-refractivity contribution in [3.05, 3.63) is 47.9 Å². The first kappa shape index (κ1) is 18.8. The van der Waals surface area contributed by atoms with Gasteiger partial charge in [-0.25, -0.2) is 13.4 Å². The summed E-state index contributed by atoms with van der Waals surface area (Å²) in [6.45, 7) is 8.97. The molecular formula is C20H27N3O2S. The van der Waals surface area contributed by atoms with Crippen LogP contribution in [-0.2, 0) is 9.84 Å². The molecule has 26 heavy (non-hydrogen) atoms. The third-order valence-electron chi connectivity index (χ3n) is 5.07. The molecule has 0 radical (unpaired) electrons. The first-order chi connectivity index (χ1) is 12.2. The van der Waals surface area contributed by atoms with E-state index in [1.165, 1.54) is 5.56 Å². The molecule has 0 N–H and O–H groups in total. The number of rotatable bonds is 3. The van der Waals surface area contributed by atoms with E-state index in [-0.39, 0.29) is 5.03 Å². The zero-order chi connectivity index (χ0) is 18.9. The van der Waals surface area contributed by atoms with Crippen molar-refractivity contribution in [1.82, 2.24) is 9.97 Å². The normalized spacial score (nSPS) is 16.7. The van der Waals surface area contributed by atoms with Crippen molar-refractivity contribution in [3.8, 4) is 0 Å². The molecule has 0 bridgehead atoms. The smallest absolute Gasteiger partial charge is 0.200 e. The molecule has 6 heteroatoms. The molecule has 0 aliphatic carbocycles. The van der Waals surface area contributed by atoms with Gasteiger partial charge in [0.25, 0.3) is 0 Å². The van der Waals surface area contributed by atoms with Gasteiger partial charge in [-0.2, -0.15) is 0 Å². The standard InChI is InChI=1S/C20H27N3O2S/c1-15-5-6-17(13-21-15)16-9-11-23(12-10-16)18-7-8-19(22-14-18)26(24,25)20(2,3)4/h5-8,13-14,16H,9-12H2,1-4H3. The third-order valence-corrected chi connectivity index (χ3v) is 7.47. The van der Waals surface area contributed by atoms with Crippen LogP contribution in [0.5, 0.6) is 0 Å². The van der Waals surface area contributed by atoms with Crippen molar-refractivity contribution >= 4 is 15.5 Å². The van der Waals surface area contributed by atoms with Gasteiger partial charge >= 0.3 is 0 Å². The summed E-state index contributed by atoms with van der Waals surface area (Å²) in [5.41, 5.74) is 3.33. The van der Waals surface area contributed by atoms with Crippen LogP contribution in [0.3, 0.4) is 0 Å². The Balaban J connectivity index is 1.67. The molecule has 5 nitrogen and oxygen atoms in total. The minimum absolute atomic E-state index is 0.148. The summed E-state index contributed by atoms with van der Waals surface area (Å²) >= 11 is 0. The SMILES string of the molecule is Cc1ccc(C2CCN(c3ccc(S(=O)(=O)C(C)(C)C)nc3)CC2)cn1. The Bertz CT molecular complexity index is 845. The van der Waals surface area contributed by atoms with Gasteiger partial charge in [0.1, 0.15) is 0 Å². The highest BCUT2D eigenvalue weighted by atomic mass is 32.2. The largest absolute Gasteiger partial charge is 0.370 e. The highest BCUT2D eigenvalue weighted by Gasteiger charge is 2.32. The number of hydrogen-bond donors (Lipinski definition) is 0. The molecule has 2 aromatic heterocycles. The highest BCUT2D eigenvalue weighted by Crippen LogP contribution is 2.31. The van der Waals surface area contributed by atoms with Crippen molar-refractivity contribution < 1.29 is 8.42 Å². The fourth-order valence-electron chi connectivity index (χ4n) is 3.22. The fraction of sp³-hybridized carbons (Fsp3) is 0.500. The molecule has 3 rings (SSSR count). The summed E-state index contributed by atoms with van der Waals surface area (Å²) in [7, 11) is -3.41. The van der Waals surface area contributed by atoms with E-state index in [2.05, 4.69) is 27.0 Å². The molecule has 1 aliphatic heterocycles. The maximum absolute atomic E-state index is 12.5. The quantitative estimate of drug-likeness (QED) is 0.820. The molecule has 3 heterocycles. The van der Waals surface area contributed by atoms with Gasteiger partial charge in [0, 0.05) is 25.0 Å². The lowest BCUT2D eigenvalue weighted by Gasteiger charge is -2.33. The molecule has 1 fully saturated rings. The number of nitrogens with zero attached hydrogens (tertiary/aromatic N) is 3. The highest BCUT2D eigenvalue weighted by molar-refractivity contribution is 7.92. The van der Waals surface area contributed by atoms with Crippen LogP contribution in [0.4, 0.5) is 5.69 Å². The van der Waals surface area contributed by atoms with Gasteiger partial charge in [0.2, 0.25) is 0 Å². The Labute approximate surface area is 156 Å². The lowest BCUT2D eigenvalue weighted by molar-refractivity contribution is 0.503. The summed E-state index contributed by atoms with van der Waals surface area (Å²) < 4.78 is 24.1. The molecule has 2 aromatic rings. The van der Waals surface area contributed by atoms with Gasteiger partial charge in [-0.05, 0) is 70.2 Å². The van der Waals surface area contributed by atoms with Crippen LogP contribution in [0.2, 0.25) is 0 Å². The number of hydrogen-bond acceptors (Lipinski definition) is 5. The van der Waals surface area contributed by atoms with Gasteiger partial charge in [-0.3, -0.25) is 4.98 Å². The minimum atomic E-state index is -3.41. The monoisotopic (exact) mass is 373 g/mol. The van der Waals surface area contributed by atoms with Crippen molar-refractivity contribution in [2.45, 2.75) is 56.2 Å². The molecule has 0 amide bonds. The van der Waals surface area contributed by atoms with Crippen molar-refractivity contribution in [2.75, 3.05) is 18.0 Å². The molecule has 1 aliphatic rings. The van der Waals surface area contributed by atoms with Crippen LogP contribution in [0.1, 0.15) is 50.8 Å². The van der Waals surface area contributed by atoms with E-state index in [0.29, 0.717) is 5.92 Å². The average Bonchev–Trinajstić information content (AvgIpc) is 2.62. The zero-order valence-electron chi connectivity index (χ0n) is 15.9. The van der Waals surface area contributed by atoms with Crippen LogP contribution in [0, 0.1) is 6.92 Å². The van der Waals surface area contributed by atoms with E-state index in [0.717, 1.165) is 37.3 Å². The van der Waals surface area contributed by atoms with Crippen molar-refractivity contribution in [3.63, 3.8) is 0 Å². The summed E-state index contributed by atoms with van der Waals surface area (Å²) in [5, 5.41) is 0.148. The lowest BCUT2D eigenvalue weighted by Crippen LogP contribution is -2.33. The number of piperidine rings is 1. The van der Waals surface area contributed by atoms with Crippen LogP contribution >= 0.6 is 0 Å². The maximum Gasteiger partial charge on any atom is 0.200 e. The predicted molar refractivity (Wildman–Crippen MR) is 104 cm³/mol. The molecule has 0 spiro atoms. The first-order valence-electron chi connectivity index (χ1n) is 9.07. The zero-order valence-corrected chi connectivity index (χ0v) is 16.8. The number of sulfone groups is 1. The number of anilines is 1. The van der Waals surface area contributed by atoms with Gasteiger partial charge < -0.3 is 4.90 Å². The van der Waals surface area contributed by atoms with Crippen LogP contribution < -0.4 is 4.90 Å². The predicted octanol–water partition coefficient (Wildman–Crippen LogP) is 3.74. The Morgan fingerprint density at radius 2 is 1.69 bits per heavy atom. The first-order valence-corrected chi connectivity index (χ1v) is 10.5. The Hall–Kier alpha value is -1.95. The summed E-state index contributed by atoms with van der Waals surface area (Å²) in [6, 6.07) is 7.75. The molecule has 140 valence electrons. The van der Waals surface area contributed by atoms with Gasteiger partial charge in [-0.15, -0.1) is 0 Å². The van der Waals surface area contributed by atoms with Gasteiger partial charge in [0.05, 0.1) is 16.6 Å². The molecule has 0 saturated carbocycles. The summed E-state index contributed by atoms with van der Waals surface area (Å²) in [5.74, 6) is 0.535. The van der Waals surface area contributed by atoms with E-state index in [4.69, 9.17) is 0 Å². The van der Waals surface area contributed by atoms with E-state index in [9.17, 15) is 8.42 Å². The second-order valence-electron chi connectivity index (χ2n) is 7.96. The molecule has 1 saturated heterocycles. The third kappa shape index (κ3) is 3.75. The van der Waals surface area contributed by atoms with Crippen molar-refractivity contribution in [1.29, 1.82) is 0 Å². The molecule has 0 atom stereocenters. The lowest BCUT2D eigenvalue weighted by atomic mass is 9.90. The Kier molecular flexibility index (Phi) is 5.06. The summed E-state index contributed by atoms with van der Waals surface area (Å²) in [4.78, 5) is 10.9. The summed E-state index contributed by atoms with van der Waals surface area (Å²) in [6.07, 6.45) is 5.80.